The van der Waals surface area contributed by atoms with E-state index in [0.29, 0.717) is 26.2 Å². The highest BCUT2D eigenvalue weighted by Gasteiger charge is 2.54. The minimum atomic E-state index is -1.18. The molecule has 2 atom stereocenters. The van der Waals surface area contributed by atoms with E-state index in [0.717, 1.165) is 23.1 Å². The second-order valence-corrected chi connectivity index (χ2v) is 9.78. The van der Waals surface area contributed by atoms with Crippen molar-refractivity contribution < 1.29 is 18.8 Å². The minimum Gasteiger partial charge on any atom is -0.342 e. The molecule has 0 N–H and O–H groups in total. The summed E-state index contributed by atoms with van der Waals surface area (Å²) in [5.41, 5.74) is 1.48. The topological polar surface area (TPSA) is 60.9 Å². The van der Waals surface area contributed by atoms with E-state index in [2.05, 4.69) is 0 Å². The van der Waals surface area contributed by atoms with Gasteiger partial charge in [-0.25, -0.2) is 4.39 Å². The number of likely N-dealkylation sites (tertiary alicyclic amines) is 2. The largest absolute Gasteiger partial charge is 0.342 e. The van der Waals surface area contributed by atoms with E-state index in [1.807, 2.05) is 50.2 Å². The van der Waals surface area contributed by atoms with Crippen LogP contribution in [0.15, 0.2) is 48.5 Å². The second-order valence-electron chi connectivity index (χ2n) is 9.78. The van der Waals surface area contributed by atoms with E-state index >= 15 is 0 Å². The van der Waals surface area contributed by atoms with Crippen LogP contribution < -0.4 is 0 Å². The zero-order valence-corrected chi connectivity index (χ0v) is 20.1. The van der Waals surface area contributed by atoms with Crippen LogP contribution in [0, 0.1) is 12.7 Å². The van der Waals surface area contributed by atoms with Gasteiger partial charge in [0.1, 0.15) is 5.82 Å². The minimum absolute atomic E-state index is 0.00505. The van der Waals surface area contributed by atoms with Crippen molar-refractivity contribution in [2.24, 2.45) is 0 Å². The number of nitrogens with zero attached hydrogens (tertiary/aromatic N) is 3. The average Bonchev–Trinajstić information content (AvgIpc) is 3.37. The number of imide groups is 1. The summed E-state index contributed by atoms with van der Waals surface area (Å²) in [6.07, 6.45) is 0.763. The Morgan fingerprint density at radius 1 is 1.12 bits per heavy atom. The van der Waals surface area contributed by atoms with Crippen molar-refractivity contribution in [1.82, 2.24) is 14.7 Å². The third-order valence-corrected chi connectivity index (χ3v) is 7.18. The number of carbonyl (C=O) groups is 3. The summed E-state index contributed by atoms with van der Waals surface area (Å²) < 4.78 is 13.3. The summed E-state index contributed by atoms with van der Waals surface area (Å²) >= 11 is 0. The molecule has 2 aromatic rings. The molecular formula is C27H32FN3O3. The molecule has 4 rings (SSSR count). The van der Waals surface area contributed by atoms with Crippen molar-refractivity contribution in [1.29, 1.82) is 0 Å². The normalized spacial score (nSPS) is 22.8. The van der Waals surface area contributed by atoms with Gasteiger partial charge in [-0.1, -0.05) is 36.4 Å². The Balaban J connectivity index is 1.58. The molecule has 2 fully saturated rings. The summed E-state index contributed by atoms with van der Waals surface area (Å²) in [6, 6.07) is 14.0. The number of benzene rings is 2. The highest BCUT2D eigenvalue weighted by Crippen LogP contribution is 2.42. The second kappa shape index (κ2) is 9.66. The molecule has 0 aromatic heterocycles. The summed E-state index contributed by atoms with van der Waals surface area (Å²) in [4.78, 5) is 45.3. The van der Waals surface area contributed by atoms with Crippen LogP contribution in [0.4, 0.5) is 4.39 Å². The molecule has 2 aliphatic rings. The molecule has 6 nitrogen and oxygen atoms in total. The zero-order chi connectivity index (χ0) is 24.5. The highest BCUT2D eigenvalue weighted by atomic mass is 19.1. The predicted octanol–water partition coefficient (Wildman–Crippen LogP) is 3.10. The van der Waals surface area contributed by atoms with E-state index < -0.39 is 5.41 Å². The maximum Gasteiger partial charge on any atom is 0.240 e. The van der Waals surface area contributed by atoms with Crippen molar-refractivity contribution in [3.8, 4) is 0 Å². The molecule has 2 aliphatic heterocycles. The molecule has 0 saturated carbocycles. The van der Waals surface area contributed by atoms with Gasteiger partial charge in [0.25, 0.3) is 0 Å². The van der Waals surface area contributed by atoms with Gasteiger partial charge in [0.2, 0.25) is 17.7 Å². The number of likely N-dealkylation sites (N-methyl/N-ethyl adjacent to an activating group) is 1. The fraction of sp³-hybridized carbons (Fsp3) is 0.444. The van der Waals surface area contributed by atoms with E-state index in [1.54, 1.807) is 17.0 Å². The molecule has 3 amide bonds. The Bertz CT molecular complexity index is 1080. The van der Waals surface area contributed by atoms with Gasteiger partial charge in [-0.3, -0.25) is 19.3 Å². The lowest BCUT2D eigenvalue weighted by atomic mass is 9.74. The van der Waals surface area contributed by atoms with Gasteiger partial charge >= 0.3 is 0 Å². The summed E-state index contributed by atoms with van der Waals surface area (Å²) in [6.45, 7) is 3.91. The van der Waals surface area contributed by atoms with Crippen molar-refractivity contribution in [2.75, 3.05) is 40.3 Å². The molecule has 2 aromatic carbocycles. The van der Waals surface area contributed by atoms with E-state index in [1.165, 1.54) is 17.0 Å². The van der Waals surface area contributed by atoms with Gasteiger partial charge in [-0.15, -0.1) is 0 Å². The zero-order valence-electron chi connectivity index (χ0n) is 20.1. The first kappa shape index (κ1) is 24.1. The molecule has 2 heterocycles. The van der Waals surface area contributed by atoms with Gasteiger partial charge in [0.15, 0.2) is 0 Å². The van der Waals surface area contributed by atoms with Crippen LogP contribution in [0.5, 0.6) is 0 Å². The molecular weight excluding hydrogens is 433 g/mol. The molecule has 7 heteroatoms. The quantitative estimate of drug-likeness (QED) is 0.590. The van der Waals surface area contributed by atoms with Crippen LogP contribution in [-0.4, -0.2) is 72.7 Å². The lowest BCUT2D eigenvalue weighted by Crippen LogP contribution is -2.44. The fourth-order valence-electron chi connectivity index (χ4n) is 5.24. The SMILES string of the molecule is Cc1ccccc1C1(CC(=O)N2CCC(c3ccc(F)cc3)C2)CC(=O)N(CCN(C)C)C1=O. The molecule has 0 aliphatic carbocycles. The summed E-state index contributed by atoms with van der Waals surface area (Å²) in [5, 5.41) is 0. The third-order valence-electron chi connectivity index (χ3n) is 7.18. The first-order valence-corrected chi connectivity index (χ1v) is 11.8. The molecule has 180 valence electrons. The van der Waals surface area contributed by atoms with Gasteiger partial charge in [-0.2, -0.15) is 0 Å². The number of amides is 3. The van der Waals surface area contributed by atoms with Crippen LogP contribution in [0.3, 0.4) is 0 Å². The number of hydrogen-bond acceptors (Lipinski definition) is 4. The van der Waals surface area contributed by atoms with Crippen molar-refractivity contribution in [2.45, 2.75) is 37.5 Å². The first-order chi connectivity index (χ1) is 16.2. The van der Waals surface area contributed by atoms with Crippen molar-refractivity contribution in [3.63, 3.8) is 0 Å². The lowest BCUT2D eigenvalue weighted by Gasteiger charge is -2.30. The standard InChI is InChI=1S/C27H32FN3O3/c1-19-6-4-5-7-23(19)27(17-25(33)31(26(27)34)15-14-29(2)3)16-24(32)30-13-12-21(18-30)20-8-10-22(28)11-9-20/h4-11,21H,12-18H2,1-3H3. The smallest absolute Gasteiger partial charge is 0.240 e. The maximum atomic E-state index is 13.8. The summed E-state index contributed by atoms with van der Waals surface area (Å²) in [5.74, 6) is -0.775. The number of halogens is 1. The molecule has 0 radical (unpaired) electrons. The average molecular weight is 466 g/mol. The van der Waals surface area contributed by atoms with Gasteiger partial charge < -0.3 is 9.80 Å². The predicted molar refractivity (Wildman–Crippen MR) is 128 cm³/mol. The van der Waals surface area contributed by atoms with Crippen LogP contribution in [-0.2, 0) is 19.8 Å². The third kappa shape index (κ3) is 4.62. The number of rotatable bonds is 7. The Hall–Kier alpha value is -3.06. The molecule has 34 heavy (non-hydrogen) atoms. The van der Waals surface area contributed by atoms with E-state index in [9.17, 15) is 18.8 Å². The van der Waals surface area contributed by atoms with Gasteiger partial charge in [0, 0.05) is 44.9 Å². The van der Waals surface area contributed by atoms with Gasteiger partial charge in [-0.05, 0) is 56.3 Å². The highest BCUT2D eigenvalue weighted by molar-refractivity contribution is 6.11. The number of hydrogen-bond donors (Lipinski definition) is 0. The molecule has 0 spiro atoms. The summed E-state index contributed by atoms with van der Waals surface area (Å²) in [7, 11) is 3.79. The van der Waals surface area contributed by atoms with E-state index in [4.69, 9.17) is 0 Å². The van der Waals surface area contributed by atoms with Crippen LogP contribution in [0.1, 0.15) is 41.9 Å². The molecule has 2 saturated heterocycles. The van der Waals surface area contributed by atoms with Gasteiger partial charge in [0.05, 0.1) is 5.41 Å². The molecule has 2 unspecified atom stereocenters. The van der Waals surface area contributed by atoms with Crippen molar-refractivity contribution in [3.05, 3.63) is 71.0 Å². The van der Waals surface area contributed by atoms with Crippen LogP contribution in [0.2, 0.25) is 0 Å². The lowest BCUT2D eigenvalue weighted by molar-refractivity contribution is -0.142. The number of carbonyl (C=O) groups excluding carboxylic acids is 3. The van der Waals surface area contributed by atoms with Crippen LogP contribution >= 0.6 is 0 Å². The first-order valence-electron chi connectivity index (χ1n) is 11.8. The number of aryl methyl sites for hydroxylation is 1. The van der Waals surface area contributed by atoms with E-state index in [-0.39, 0.29) is 42.3 Å². The monoisotopic (exact) mass is 465 g/mol. The fourth-order valence-corrected chi connectivity index (χ4v) is 5.24. The Kier molecular flexibility index (Phi) is 6.84. The Morgan fingerprint density at radius 3 is 2.50 bits per heavy atom. The van der Waals surface area contributed by atoms with Crippen LogP contribution in [0.25, 0.3) is 0 Å². The molecule has 0 bridgehead atoms. The van der Waals surface area contributed by atoms with Crippen molar-refractivity contribution >= 4 is 17.7 Å². The maximum absolute atomic E-state index is 13.8. The Labute approximate surface area is 200 Å². The Morgan fingerprint density at radius 2 is 1.82 bits per heavy atom.